The van der Waals surface area contributed by atoms with Gasteiger partial charge in [-0.15, -0.1) is 0 Å². The minimum absolute atomic E-state index is 0.437. The second-order valence-corrected chi connectivity index (χ2v) is 3.96. The van der Waals surface area contributed by atoms with Crippen LogP contribution in [0.4, 0.5) is 0 Å². The summed E-state index contributed by atoms with van der Waals surface area (Å²) in [5.74, 6) is 0.221. The zero-order valence-corrected chi connectivity index (χ0v) is 9.57. The number of rotatable bonds is 6. The zero-order valence-electron chi connectivity index (χ0n) is 9.57. The van der Waals surface area contributed by atoms with Crippen LogP contribution in [0.2, 0.25) is 0 Å². The molecule has 1 atom stereocenters. The predicted molar refractivity (Wildman–Crippen MR) is 60.2 cm³/mol. The minimum Gasteiger partial charge on any atom is -0.480 e. The zero-order chi connectivity index (χ0) is 11.3. The number of unbranched alkanes of at least 4 members (excludes halogenated alkanes) is 2. The van der Waals surface area contributed by atoms with Gasteiger partial charge in [0.2, 0.25) is 0 Å². The normalized spacial score (nSPS) is 17.7. The number of hydrogen-bond donors (Lipinski definition) is 1. The molecule has 0 saturated heterocycles. The van der Waals surface area contributed by atoms with Crippen molar-refractivity contribution in [3.05, 3.63) is 0 Å². The third-order valence-electron chi connectivity index (χ3n) is 2.80. The van der Waals surface area contributed by atoms with Gasteiger partial charge < -0.3 is 10.0 Å². The molecule has 1 unspecified atom stereocenters. The van der Waals surface area contributed by atoms with Gasteiger partial charge in [0, 0.05) is 13.0 Å². The molecular formula is C11H20N2O2. The standard InChI is InChI=1S/C11H20N2O2/c1-3-4-5-6-10-12-7-8-13(10)9(2)11(14)15/h9H,3-8H2,1-2H3,(H,14,15). The molecule has 0 spiro atoms. The first-order chi connectivity index (χ1) is 7.16. The average Bonchev–Trinajstić information content (AvgIpc) is 2.65. The lowest BCUT2D eigenvalue weighted by molar-refractivity contribution is -0.141. The van der Waals surface area contributed by atoms with Gasteiger partial charge in [-0.1, -0.05) is 19.8 Å². The molecule has 15 heavy (non-hydrogen) atoms. The van der Waals surface area contributed by atoms with Gasteiger partial charge in [0.05, 0.1) is 12.4 Å². The van der Waals surface area contributed by atoms with E-state index in [0.717, 1.165) is 31.8 Å². The summed E-state index contributed by atoms with van der Waals surface area (Å²) in [6.45, 7) is 5.39. The van der Waals surface area contributed by atoms with Crippen molar-refractivity contribution in [2.75, 3.05) is 13.1 Å². The lowest BCUT2D eigenvalue weighted by Crippen LogP contribution is -2.41. The van der Waals surface area contributed by atoms with Crippen LogP contribution in [0.25, 0.3) is 0 Å². The highest BCUT2D eigenvalue weighted by atomic mass is 16.4. The van der Waals surface area contributed by atoms with Gasteiger partial charge in [-0.2, -0.15) is 0 Å². The molecule has 0 aromatic carbocycles. The quantitative estimate of drug-likeness (QED) is 0.682. The summed E-state index contributed by atoms with van der Waals surface area (Å²) in [4.78, 5) is 17.2. The molecule has 4 nitrogen and oxygen atoms in total. The molecule has 0 amide bonds. The number of aliphatic imine (C=N–C) groups is 1. The van der Waals surface area contributed by atoms with E-state index in [1.165, 1.54) is 12.8 Å². The van der Waals surface area contributed by atoms with Crippen molar-refractivity contribution < 1.29 is 9.90 Å². The molecule has 0 aromatic rings. The van der Waals surface area contributed by atoms with E-state index in [2.05, 4.69) is 11.9 Å². The number of aliphatic carboxylic acids is 1. The van der Waals surface area contributed by atoms with Gasteiger partial charge in [0.1, 0.15) is 6.04 Å². The molecule has 1 aliphatic rings. The summed E-state index contributed by atoms with van der Waals surface area (Å²) < 4.78 is 0. The van der Waals surface area contributed by atoms with Crippen LogP contribution in [0.15, 0.2) is 4.99 Å². The summed E-state index contributed by atoms with van der Waals surface area (Å²) in [5.41, 5.74) is 0. The third kappa shape index (κ3) is 3.22. The van der Waals surface area contributed by atoms with Crippen LogP contribution in [-0.2, 0) is 4.79 Å². The van der Waals surface area contributed by atoms with Gasteiger partial charge in [-0.25, -0.2) is 4.79 Å². The summed E-state index contributed by atoms with van der Waals surface area (Å²) in [6, 6.07) is -0.437. The molecular weight excluding hydrogens is 192 g/mol. The second kappa shape index (κ2) is 5.73. The maximum atomic E-state index is 10.9. The van der Waals surface area contributed by atoms with Gasteiger partial charge in [-0.05, 0) is 13.3 Å². The van der Waals surface area contributed by atoms with Crippen LogP contribution in [0, 0.1) is 0 Å². The molecule has 4 heteroatoms. The molecule has 0 bridgehead atoms. The number of hydrogen-bond acceptors (Lipinski definition) is 3. The van der Waals surface area contributed by atoms with Crippen LogP contribution >= 0.6 is 0 Å². The van der Waals surface area contributed by atoms with Gasteiger partial charge >= 0.3 is 5.97 Å². The van der Waals surface area contributed by atoms with Crippen LogP contribution in [0.1, 0.15) is 39.5 Å². The number of carboxylic acid groups (broad SMARTS) is 1. The van der Waals surface area contributed by atoms with E-state index in [0.29, 0.717) is 0 Å². The Kier molecular flexibility index (Phi) is 4.59. The molecule has 0 aromatic heterocycles. The Morgan fingerprint density at radius 1 is 1.60 bits per heavy atom. The summed E-state index contributed by atoms with van der Waals surface area (Å²) in [7, 11) is 0. The van der Waals surface area contributed by atoms with Crippen LogP contribution < -0.4 is 0 Å². The fourth-order valence-corrected chi connectivity index (χ4v) is 1.81. The fourth-order valence-electron chi connectivity index (χ4n) is 1.81. The lowest BCUT2D eigenvalue weighted by Gasteiger charge is -2.24. The van der Waals surface area contributed by atoms with Crippen molar-refractivity contribution in [1.29, 1.82) is 0 Å². The van der Waals surface area contributed by atoms with Gasteiger partial charge in [0.15, 0.2) is 0 Å². The minimum atomic E-state index is -0.764. The van der Waals surface area contributed by atoms with Crippen molar-refractivity contribution in [1.82, 2.24) is 4.90 Å². The summed E-state index contributed by atoms with van der Waals surface area (Å²) in [6.07, 6.45) is 4.40. The highest BCUT2D eigenvalue weighted by Gasteiger charge is 2.26. The van der Waals surface area contributed by atoms with E-state index < -0.39 is 12.0 Å². The first-order valence-electron chi connectivity index (χ1n) is 5.69. The maximum Gasteiger partial charge on any atom is 0.326 e. The second-order valence-electron chi connectivity index (χ2n) is 3.96. The Morgan fingerprint density at radius 2 is 2.33 bits per heavy atom. The van der Waals surface area contributed by atoms with Crippen LogP contribution in [0.5, 0.6) is 0 Å². The van der Waals surface area contributed by atoms with Crippen molar-refractivity contribution in [3.8, 4) is 0 Å². The first kappa shape index (κ1) is 12.0. The first-order valence-corrected chi connectivity index (χ1v) is 5.69. The molecule has 1 aliphatic heterocycles. The van der Waals surface area contributed by atoms with E-state index >= 15 is 0 Å². The molecule has 1 N–H and O–H groups in total. The van der Waals surface area contributed by atoms with Crippen LogP contribution in [0.3, 0.4) is 0 Å². The molecule has 1 heterocycles. The summed E-state index contributed by atoms with van der Waals surface area (Å²) >= 11 is 0. The number of carbonyl (C=O) groups is 1. The molecule has 1 rings (SSSR count). The Hall–Kier alpha value is -1.06. The van der Waals surface area contributed by atoms with Crippen molar-refractivity contribution in [2.24, 2.45) is 4.99 Å². The number of amidine groups is 1. The largest absolute Gasteiger partial charge is 0.480 e. The molecule has 0 fully saturated rings. The van der Waals surface area contributed by atoms with Gasteiger partial charge in [-0.3, -0.25) is 4.99 Å². The van der Waals surface area contributed by atoms with Crippen molar-refractivity contribution in [2.45, 2.75) is 45.6 Å². The van der Waals surface area contributed by atoms with Gasteiger partial charge in [0.25, 0.3) is 0 Å². The molecule has 0 aliphatic carbocycles. The maximum absolute atomic E-state index is 10.9. The molecule has 0 saturated carbocycles. The molecule has 0 radical (unpaired) electrons. The Bertz CT molecular complexity index is 251. The monoisotopic (exact) mass is 212 g/mol. The van der Waals surface area contributed by atoms with E-state index in [9.17, 15) is 4.79 Å². The lowest BCUT2D eigenvalue weighted by atomic mass is 10.1. The topological polar surface area (TPSA) is 52.9 Å². The fraction of sp³-hybridized carbons (Fsp3) is 0.818. The molecule has 86 valence electrons. The third-order valence-corrected chi connectivity index (χ3v) is 2.80. The Labute approximate surface area is 91.0 Å². The highest BCUT2D eigenvalue weighted by molar-refractivity contribution is 5.88. The Morgan fingerprint density at radius 3 is 2.93 bits per heavy atom. The average molecular weight is 212 g/mol. The predicted octanol–water partition coefficient (Wildman–Crippen LogP) is 1.75. The Balaban J connectivity index is 2.45. The van der Waals surface area contributed by atoms with E-state index in [1.807, 2.05) is 4.90 Å². The van der Waals surface area contributed by atoms with Crippen molar-refractivity contribution in [3.63, 3.8) is 0 Å². The highest BCUT2D eigenvalue weighted by Crippen LogP contribution is 2.13. The number of nitrogens with zero attached hydrogens (tertiary/aromatic N) is 2. The van der Waals surface area contributed by atoms with Crippen molar-refractivity contribution >= 4 is 11.8 Å². The van der Waals surface area contributed by atoms with E-state index in [4.69, 9.17) is 5.11 Å². The smallest absolute Gasteiger partial charge is 0.326 e. The van der Waals surface area contributed by atoms with Crippen LogP contribution in [-0.4, -0.2) is 40.9 Å². The summed E-state index contributed by atoms with van der Waals surface area (Å²) in [5, 5.41) is 8.94. The number of carboxylic acids is 1. The van der Waals surface area contributed by atoms with E-state index in [-0.39, 0.29) is 0 Å². The van der Waals surface area contributed by atoms with E-state index in [1.54, 1.807) is 6.92 Å². The SMILES string of the molecule is CCCCCC1=NCCN1C(C)C(=O)O.